The molecule has 1 saturated heterocycles. The molecule has 2 rings (SSSR count). The Hall–Kier alpha value is -1.17. The number of rotatable bonds is 4. The van der Waals surface area contributed by atoms with Gasteiger partial charge in [-0.25, -0.2) is 10.8 Å². The van der Waals surface area contributed by atoms with Crippen molar-refractivity contribution in [3.8, 4) is 0 Å². The van der Waals surface area contributed by atoms with Crippen molar-refractivity contribution in [1.29, 1.82) is 0 Å². The van der Waals surface area contributed by atoms with Crippen LogP contribution in [0.1, 0.15) is 25.0 Å². The summed E-state index contributed by atoms with van der Waals surface area (Å²) in [7, 11) is 0. The van der Waals surface area contributed by atoms with E-state index in [0.717, 1.165) is 25.2 Å². The van der Waals surface area contributed by atoms with E-state index in [1.807, 2.05) is 18.2 Å². The van der Waals surface area contributed by atoms with Crippen LogP contribution >= 0.6 is 0 Å². The molecule has 5 nitrogen and oxygen atoms in total. The maximum Gasteiger partial charge on any atom is 0.140 e. The first-order valence-corrected chi connectivity index (χ1v) is 6.11. The van der Waals surface area contributed by atoms with E-state index in [2.05, 4.69) is 15.3 Å². The molecule has 1 aromatic rings. The predicted octanol–water partition coefficient (Wildman–Crippen LogP) is 0.714. The number of pyridine rings is 1. The highest BCUT2D eigenvalue weighted by Crippen LogP contribution is 2.19. The quantitative estimate of drug-likeness (QED) is 0.530. The third-order valence-electron chi connectivity index (χ3n) is 3.28. The van der Waals surface area contributed by atoms with Gasteiger partial charge in [0.1, 0.15) is 5.82 Å². The maximum atomic E-state index is 9.35. The summed E-state index contributed by atoms with van der Waals surface area (Å²) in [4.78, 5) is 6.69. The summed E-state index contributed by atoms with van der Waals surface area (Å²) in [6.45, 7) is 2.04. The number of nitrogens with two attached hydrogens (primary N) is 1. The summed E-state index contributed by atoms with van der Waals surface area (Å²) in [5.74, 6) is 6.02. The van der Waals surface area contributed by atoms with Crippen LogP contribution in [-0.2, 0) is 6.54 Å². The number of likely N-dealkylation sites (tertiary alicyclic amines) is 1. The van der Waals surface area contributed by atoms with Crippen LogP contribution in [-0.4, -0.2) is 34.2 Å². The Morgan fingerprint density at radius 3 is 3.12 bits per heavy atom. The topological polar surface area (TPSA) is 74.4 Å². The maximum absolute atomic E-state index is 9.35. The second kappa shape index (κ2) is 5.95. The highest BCUT2D eigenvalue weighted by Gasteiger charge is 2.21. The lowest BCUT2D eigenvalue weighted by Gasteiger charge is -2.34. The predicted molar refractivity (Wildman–Crippen MR) is 67.2 cm³/mol. The Morgan fingerprint density at radius 2 is 2.35 bits per heavy atom. The highest BCUT2D eigenvalue weighted by molar-refractivity contribution is 5.33. The largest absolute Gasteiger partial charge is 0.395 e. The van der Waals surface area contributed by atoms with Crippen LogP contribution in [0.15, 0.2) is 18.2 Å². The minimum atomic E-state index is 0.231. The summed E-state index contributed by atoms with van der Waals surface area (Å²) in [5.41, 5.74) is 3.54. The van der Waals surface area contributed by atoms with Crippen molar-refractivity contribution in [3.63, 3.8) is 0 Å². The number of aromatic nitrogens is 1. The molecule has 1 aliphatic rings. The Balaban J connectivity index is 2.02. The molecule has 17 heavy (non-hydrogen) atoms. The van der Waals surface area contributed by atoms with E-state index in [-0.39, 0.29) is 12.6 Å². The van der Waals surface area contributed by atoms with Crippen molar-refractivity contribution in [2.75, 3.05) is 18.6 Å². The summed E-state index contributed by atoms with van der Waals surface area (Å²) in [6, 6.07) is 6.04. The zero-order valence-electron chi connectivity index (χ0n) is 9.97. The first kappa shape index (κ1) is 12.3. The van der Waals surface area contributed by atoms with Gasteiger partial charge in [-0.05, 0) is 31.5 Å². The average Bonchev–Trinajstić information content (AvgIpc) is 2.39. The lowest BCUT2D eigenvalue weighted by Crippen LogP contribution is -2.41. The fourth-order valence-corrected chi connectivity index (χ4v) is 2.33. The van der Waals surface area contributed by atoms with Crippen LogP contribution < -0.4 is 11.3 Å². The van der Waals surface area contributed by atoms with Crippen molar-refractivity contribution < 1.29 is 5.11 Å². The molecule has 4 N–H and O–H groups in total. The van der Waals surface area contributed by atoms with Gasteiger partial charge in [0.15, 0.2) is 0 Å². The molecular formula is C12H20N4O. The van der Waals surface area contributed by atoms with Crippen LogP contribution in [0.2, 0.25) is 0 Å². The number of nitrogens with one attached hydrogen (secondary N) is 1. The number of hydrogen-bond acceptors (Lipinski definition) is 5. The second-order valence-corrected chi connectivity index (χ2v) is 4.46. The van der Waals surface area contributed by atoms with Crippen molar-refractivity contribution in [1.82, 2.24) is 9.88 Å². The Morgan fingerprint density at radius 1 is 1.47 bits per heavy atom. The fourth-order valence-electron chi connectivity index (χ4n) is 2.33. The third-order valence-corrected chi connectivity index (χ3v) is 3.28. The smallest absolute Gasteiger partial charge is 0.140 e. The van der Waals surface area contributed by atoms with Crippen LogP contribution in [0, 0.1) is 0 Å². The standard InChI is InChI=1S/C12H20N4O/c13-15-12-6-3-4-10(14-12)8-16-7-2-1-5-11(16)9-17/h3-4,6,11,17H,1-2,5,7-9,13H2,(H,14,15). The third kappa shape index (κ3) is 3.15. The van der Waals surface area contributed by atoms with Crippen molar-refractivity contribution in [2.45, 2.75) is 31.8 Å². The summed E-state index contributed by atoms with van der Waals surface area (Å²) in [6.07, 6.45) is 3.48. The van der Waals surface area contributed by atoms with E-state index in [4.69, 9.17) is 5.84 Å². The fraction of sp³-hybridized carbons (Fsp3) is 0.583. The Kier molecular flexibility index (Phi) is 4.30. The molecular weight excluding hydrogens is 216 g/mol. The number of aliphatic hydroxyl groups excluding tert-OH is 1. The van der Waals surface area contributed by atoms with Crippen LogP contribution in [0.5, 0.6) is 0 Å². The monoisotopic (exact) mass is 236 g/mol. The van der Waals surface area contributed by atoms with Gasteiger partial charge in [0.05, 0.1) is 12.3 Å². The van der Waals surface area contributed by atoms with Gasteiger partial charge in [-0.15, -0.1) is 0 Å². The molecule has 0 bridgehead atoms. The molecule has 1 aliphatic heterocycles. The van der Waals surface area contributed by atoms with E-state index in [9.17, 15) is 5.11 Å². The molecule has 0 spiro atoms. The van der Waals surface area contributed by atoms with E-state index in [1.54, 1.807) is 0 Å². The second-order valence-electron chi connectivity index (χ2n) is 4.46. The van der Waals surface area contributed by atoms with Gasteiger partial charge in [0.2, 0.25) is 0 Å². The van der Waals surface area contributed by atoms with Gasteiger partial charge in [-0.1, -0.05) is 12.5 Å². The number of anilines is 1. The molecule has 1 fully saturated rings. The van der Waals surface area contributed by atoms with Crippen LogP contribution in [0.4, 0.5) is 5.82 Å². The Bertz CT molecular complexity index is 358. The van der Waals surface area contributed by atoms with E-state index < -0.39 is 0 Å². The normalized spacial score (nSPS) is 21.4. The van der Waals surface area contributed by atoms with Gasteiger partial charge >= 0.3 is 0 Å². The summed E-state index contributed by atoms with van der Waals surface area (Å²) < 4.78 is 0. The van der Waals surface area contributed by atoms with Crippen molar-refractivity contribution in [3.05, 3.63) is 23.9 Å². The Labute approximate surface area is 102 Å². The number of piperidine rings is 1. The van der Waals surface area contributed by atoms with Crippen molar-refractivity contribution in [2.24, 2.45) is 5.84 Å². The van der Waals surface area contributed by atoms with Crippen LogP contribution in [0.3, 0.4) is 0 Å². The molecule has 2 heterocycles. The lowest BCUT2D eigenvalue weighted by molar-refractivity contribution is 0.0831. The van der Waals surface area contributed by atoms with Crippen molar-refractivity contribution >= 4 is 5.82 Å². The zero-order chi connectivity index (χ0) is 12.1. The highest BCUT2D eigenvalue weighted by atomic mass is 16.3. The molecule has 5 heteroatoms. The van der Waals surface area contributed by atoms with E-state index in [0.29, 0.717) is 5.82 Å². The molecule has 1 aromatic heterocycles. The van der Waals surface area contributed by atoms with Gasteiger partial charge < -0.3 is 10.5 Å². The number of hydrogen-bond donors (Lipinski definition) is 3. The van der Waals surface area contributed by atoms with E-state index >= 15 is 0 Å². The lowest BCUT2D eigenvalue weighted by atomic mass is 10.0. The molecule has 0 aliphatic carbocycles. The molecule has 0 saturated carbocycles. The van der Waals surface area contributed by atoms with Gasteiger partial charge in [-0.2, -0.15) is 0 Å². The molecule has 94 valence electrons. The summed E-state index contributed by atoms with van der Waals surface area (Å²) in [5, 5.41) is 9.35. The van der Waals surface area contributed by atoms with Gasteiger partial charge in [0, 0.05) is 12.6 Å². The first-order chi connectivity index (χ1) is 8.33. The SMILES string of the molecule is NNc1cccc(CN2CCCCC2CO)n1. The minimum absolute atomic E-state index is 0.231. The van der Waals surface area contributed by atoms with E-state index in [1.165, 1.54) is 12.8 Å². The van der Waals surface area contributed by atoms with Gasteiger partial charge in [-0.3, -0.25) is 4.90 Å². The number of aliphatic hydroxyl groups is 1. The number of nitrogens with zero attached hydrogens (tertiary/aromatic N) is 2. The molecule has 1 unspecified atom stereocenters. The zero-order valence-corrected chi connectivity index (χ0v) is 9.97. The molecule has 0 radical (unpaired) electrons. The first-order valence-electron chi connectivity index (χ1n) is 6.11. The summed E-state index contributed by atoms with van der Waals surface area (Å²) >= 11 is 0. The number of nitrogen functional groups attached to an aromatic ring is 1. The molecule has 1 atom stereocenters. The van der Waals surface area contributed by atoms with Gasteiger partial charge in [0.25, 0.3) is 0 Å². The molecule has 0 amide bonds. The number of hydrazine groups is 1. The van der Waals surface area contributed by atoms with Crippen LogP contribution in [0.25, 0.3) is 0 Å². The minimum Gasteiger partial charge on any atom is -0.395 e. The molecule has 0 aromatic carbocycles. The average molecular weight is 236 g/mol.